The number of aromatic amines is 1. The summed E-state index contributed by atoms with van der Waals surface area (Å²) in [5.41, 5.74) is 3.46. The molecule has 1 aromatic heterocycles. The van der Waals surface area contributed by atoms with Gasteiger partial charge in [0.2, 0.25) is 12.0 Å². The van der Waals surface area contributed by atoms with Crippen LogP contribution in [-0.2, 0) is 30.2 Å². The van der Waals surface area contributed by atoms with Crippen LogP contribution in [0.15, 0.2) is 36.1 Å². The van der Waals surface area contributed by atoms with Gasteiger partial charge >= 0.3 is 5.97 Å². The molecule has 4 aliphatic rings. The Morgan fingerprint density at radius 1 is 1.18 bits per heavy atom. The summed E-state index contributed by atoms with van der Waals surface area (Å²) in [5.74, 6) is -2.64. The van der Waals surface area contributed by atoms with Crippen LogP contribution in [0.4, 0.5) is 0 Å². The smallest absolute Gasteiger partial charge is 0.337 e. The van der Waals surface area contributed by atoms with Crippen LogP contribution in [0.5, 0.6) is 0 Å². The lowest BCUT2D eigenvalue weighted by Crippen LogP contribution is -2.60. The third-order valence-corrected chi connectivity index (χ3v) is 8.19. The lowest BCUT2D eigenvalue weighted by Gasteiger charge is -2.43. The first-order chi connectivity index (χ1) is 19.2. The van der Waals surface area contributed by atoms with Gasteiger partial charge in [0, 0.05) is 31.0 Å². The summed E-state index contributed by atoms with van der Waals surface area (Å²) in [5, 5.41) is 53.1. The van der Waals surface area contributed by atoms with Gasteiger partial charge in [-0.15, -0.1) is 0 Å². The standard InChI is InChI=1S/C27H32N2O10/c1-36-25(35)15-11-37-26(39-27-24(34)23(33)22(32)19(10-30)38-27)20-14(15)8-17-21-13(6-7-29(17)9-18(20)31)12-4-2-3-5-16(12)28-21/h2-5,11,14,18-20,22-24,26-27,30-34H,6-10H2,1H3/p+1/t14-,18-,19-,20+,22-,23+,24-,26+,27+/m1/s1/i8D/t8?,14-,18-,19-,20+,22-,23+,24-,26+,27+. The van der Waals surface area contributed by atoms with Crippen LogP contribution in [0.2, 0.25) is 0 Å². The molecule has 6 N–H and O–H groups in total. The Labute approximate surface area is 225 Å². The maximum atomic E-state index is 12.9. The van der Waals surface area contributed by atoms with Gasteiger partial charge in [-0.05, 0) is 11.6 Å². The van der Waals surface area contributed by atoms with Gasteiger partial charge in [-0.3, -0.25) is 0 Å². The minimum absolute atomic E-state index is 0.0535. The number of nitrogens with zero attached hydrogens (tertiary/aromatic N) is 1. The van der Waals surface area contributed by atoms with Crippen LogP contribution in [0.3, 0.4) is 0 Å². The number of nitrogens with one attached hydrogen (secondary N) is 1. The molecule has 0 spiro atoms. The maximum absolute atomic E-state index is 12.9. The predicted octanol–water partition coefficient (Wildman–Crippen LogP) is -1.25. The zero-order valence-electron chi connectivity index (χ0n) is 22.2. The monoisotopic (exact) mass is 546 g/mol. The molecule has 12 heteroatoms. The topological polar surface area (TPSA) is 174 Å². The Balaban J connectivity index is 1.39. The zero-order valence-corrected chi connectivity index (χ0v) is 21.2. The molecule has 0 radical (unpaired) electrons. The van der Waals surface area contributed by atoms with Crippen LogP contribution >= 0.6 is 0 Å². The highest BCUT2D eigenvalue weighted by Gasteiger charge is 2.53. The van der Waals surface area contributed by atoms with Crippen molar-refractivity contribution in [2.75, 3.05) is 26.8 Å². The number of rotatable bonds is 4. The number of esters is 1. The van der Waals surface area contributed by atoms with E-state index in [4.69, 9.17) is 18.9 Å². The van der Waals surface area contributed by atoms with Crippen LogP contribution in [0.25, 0.3) is 10.9 Å². The Kier molecular flexibility index (Phi) is 6.63. The molecule has 1 unspecified atom stereocenters. The van der Waals surface area contributed by atoms with Crippen molar-refractivity contribution in [2.24, 2.45) is 11.8 Å². The second-order valence-electron chi connectivity index (χ2n) is 10.3. The molecule has 1 aromatic carbocycles. The Bertz CT molecular complexity index is 1360. The van der Waals surface area contributed by atoms with Crippen molar-refractivity contribution in [1.29, 1.82) is 0 Å². The Morgan fingerprint density at radius 2 is 1.97 bits per heavy atom. The second-order valence-corrected chi connectivity index (χ2v) is 10.3. The lowest BCUT2D eigenvalue weighted by atomic mass is 9.77. The van der Waals surface area contributed by atoms with E-state index in [2.05, 4.69) is 4.98 Å². The van der Waals surface area contributed by atoms with Gasteiger partial charge in [-0.1, -0.05) is 18.2 Å². The third kappa shape index (κ3) is 4.36. The minimum atomic E-state index is -1.70. The van der Waals surface area contributed by atoms with Gasteiger partial charge in [0.1, 0.15) is 42.8 Å². The second kappa shape index (κ2) is 10.3. The van der Waals surface area contributed by atoms with E-state index in [1.54, 1.807) is 0 Å². The number of hydrogen-bond acceptors (Lipinski definition) is 10. The van der Waals surface area contributed by atoms with E-state index in [0.717, 1.165) is 28.4 Å². The number of aliphatic hydroxyl groups is 5. The van der Waals surface area contributed by atoms with Crippen molar-refractivity contribution in [3.63, 3.8) is 0 Å². The molecular weight excluding hydrogens is 512 g/mol. The first kappa shape index (κ1) is 25.1. The number of H-pyrrole nitrogens is 1. The van der Waals surface area contributed by atoms with Crippen molar-refractivity contribution < 1.29 is 55.2 Å². The summed E-state index contributed by atoms with van der Waals surface area (Å²) in [6, 6.07) is 7.86. The van der Waals surface area contributed by atoms with E-state index in [1.807, 2.05) is 28.8 Å². The van der Waals surface area contributed by atoms with Gasteiger partial charge < -0.3 is 49.5 Å². The molecule has 0 aliphatic carbocycles. The molecule has 12 nitrogen and oxygen atoms in total. The fourth-order valence-corrected chi connectivity index (χ4v) is 6.14. The number of carbonyl (C=O) groups excluding carboxylic acids is 1. The average molecular weight is 547 g/mol. The molecule has 2 aromatic rings. The number of aromatic nitrogens is 1. The highest BCUT2D eigenvalue weighted by atomic mass is 16.8. The molecular formula is C27H33N2O10+. The van der Waals surface area contributed by atoms with Crippen molar-refractivity contribution in [3.05, 3.63) is 47.4 Å². The Hall–Kier alpha value is -2.84. The number of aliphatic hydroxyl groups excluding tert-OH is 5. The van der Waals surface area contributed by atoms with Gasteiger partial charge in [0.15, 0.2) is 12.8 Å². The maximum Gasteiger partial charge on any atom is 0.337 e. The largest absolute Gasteiger partial charge is 0.471 e. The van der Waals surface area contributed by atoms with Gasteiger partial charge in [-0.2, -0.15) is 0 Å². The first-order valence-corrected chi connectivity index (χ1v) is 13.0. The van der Waals surface area contributed by atoms with E-state index < -0.39 is 73.9 Å². The zero-order chi connectivity index (χ0) is 28.3. The van der Waals surface area contributed by atoms with E-state index in [-0.39, 0.29) is 12.1 Å². The number of hydrogen-bond donors (Lipinski definition) is 6. The minimum Gasteiger partial charge on any atom is -0.471 e. The van der Waals surface area contributed by atoms with Crippen LogP contribution in [-0.4, -0.2) is 117 Å². The fraction of sp³-hybridized carbons (Fsp3) is 0.556. The van der Waals surface area contributed by atoms with E-state index >= 15 is 0 Å². The normalized spacial score (nSPS) is 38.5. The molecule has 10 atom stereocenters. The van der Waals surface area contributed by atoms with Gasteiger partial charge in [0.05, 0.1) is 31.5 Å². The number of methoxy groups -OCH3 is 1. The summed E-state index contributed by atoms with van der Waals surface area (Å²) in [6.07, 6.45) is -9.38. The summed E-state index contributed by atoms with van der Waals surface area (Å²) >= 11 is 0. The molecule has 6 rings (SSSR count). The Morgan fingerprint density at radius 3 is 2.74 bits per heavy atom. The highest BCUT2D eigenvalue weighted by molar-refractivity contribution is 6.04. The van der Waals surface area contributed by atoms with Gasteiger partial charge in [0.25, 0.3) is 0 Å². The summed E-state index contributed by atoms with van der Waals surface area (Å²) in [4.78, 5) is 16.3. The number of para-hydroxylation sites is 1. The van der Waals surface area contributed by atoms with Crippen molar-refractivity contribution >= 4 is 22.6 Å². The quantitative estimate of drug-likeness (QED) is 0.201. The van der Waals surface area contributed by atoms with Crippen LogP contribution in [0, 0.1) is 11.8 Å². The average Bonchev–Trinajstić information content (AvgIpc) is 3.29. The van der Waals surface area contributed by atoms with Crippen molar-refractivity contribution in [2.45, 2.75) is 55.9 Å². The SMILES string of the molecule is [2H]C1C2=[N+](CCc3c2[nH]c2ccccc32)C[C@@H](O)[C@H]2[C@H](O[C@@H]3O[C@H](CO)[C@@H](O)[C@H](O)[C@H]3O)OC=C(C(=O)OC)[C@@H]12. The van der Waals surface area contributed by atoms with Crippen LogP contribution in [0.1, 0.15) is 19.0 Å². The molecule has 39 heavy (non-hydrogen) atoms. The summed E-state index contributed by atoms with van der Waals surface area (Å²) in [6.45, 7) is 0.0196. The number of fused-ring (bicyclic) bond motifs is 5. The van der Waals surface area contributed by atoms with Crippen molar-refractivity contribution in [1.82, 2.24) is 4.98 Å². The van der Waals surface area contributed by atoms with E-state index in [1.165, 1.54) is 7.11 Å². The fourth-order valence-electron chi connectivity index (χ4n) is 6.14. The molecule has 0 saturated carbocycles. The van der Waals surface area contributed by atoms with Crippen molar-refractivity contribution in [3.8, 4) is 0 Å². The number of benzene rings is 1. The molecule has 5 heterocycles. The molecule has 0 amide bonds. The summed E-state index contributed by atoms with van der Waals surface area (Å²) < 4.78 is 33.6. The lowest BCUT2D eigenvalue weighted by molar-refractivity contribution is -0.539. The first-order valence-electron chi connectivity index (χ1n) is 13.5. The highest BCUT2D eigenvalue weighted by Crippen LogP contribution is 2.41. The predicted molar refractivity (Wildman–Crippen MR) is 134 cm³/mol. The van der Waals surface area contributed by atoms with E-state index in [0.29, 0.717) is 18.7 Å². The third-order valence-electron chi connectivity index (χ3n) is 8.19. The molecule has 210 valence electrons. The number of ether oxygens (including phenoxy) is 4. The van der Waals surface area contributed by atoms with Gasteiger partial charge in [-0.25, -0.2) is 9.37 Å². The summed E-state index contributed by atoms with van der Waals surface area (Å²) in [7, 11) is 1.22. The molecule has 0 bridgehead atoms. The molecule has 1 saturated heterocycles. The molecule has 4 aliphatic heterocycles. The number of carbonyl (C=O) groups is 1. The van der Waals surface area contributed by atoms with E-state index in [9.17, 15) is 31.7 Å². The molecule has 1 fully saturated rings. The van der Waals surface area contributed by atoms with Crippen LogP contribution < -0.4 is 0 Å².